The molecule has 0 amide bonds. The van der Waals surface area contributed by atoms with E-state index in [9.17, 15) is 4.39 Å². The molecule has 102 valence electrons. The van der Waals surface area contributed by atoms with Gasteiger partial charge in [-0.25, -0.2) is 9.38 Å². The van der Waals surface area contributed by atoms with Crippen LogP contribution in [-0.4, -0.2) is 23.4 Å². The van der Waals surface area contributed by atoms with Gasteiger partial charge in [-0.15, -0.1) is 0 Å². The zero-order valence-corrected chi connectivity index (χ0v) is 11.6. The molecule has 1 aliphatic rings. The first-order valence-electron chi connectivity index (χ1n) is 6.56. The largest absolute Gasteiger partial charge is 0.364 e. The molecule has 1 N–H and O–H groups in total. The van der Waals surface area contributed by atoms with Crippen LogP contribution in [0.4, 0.5) is 4.39 Å². The summed E-state index contributed by atoms with van der Waals surface area (Å²) in [7, 11) is 0. The van der Waals surface area contributed by atoms with Crippen molar-refractivity contribution in [2.75, 3.05) is 6.67 Å². The van der Waals surface area contributed by atoms with E-state index in [0.29, 0.717) is 12.7 Å². The number of nitrogens with zero attached hydrogens (tertiary/aromatic N) is 2. The highest BCUT2D eigenvalue weighted by Crippen LogP contribution is 2.14. The maximum absolute atomic E-state index is 13.2. The molecule has 1 heterocycles. The predicted octanol–water partition coefficient (Wildman–Crippen LogP) is 3.07. The highest BCUT2D eigenvalue weighted by atomic mass is 19.1. The predicted molar refractivity (Wildman–Crippen MR) is 76.4 cm³/mol. The molecule has 2 rings (SSSR count). The molecule has 0 radical (unpaired) electrons. The number of aliphatic imine (C=N–C) groups is 1. The van der Waals surface area contributed by atoms with E-state index in [2.05, 4.69) is 29.1 Å². The second kappa shape index (κ2) is 5.87. The van der Waals surface area contributed by atoms with E-state index in [4.69, 9.17) is 0 Å². The van der Waals surface area contributed by atoms with Gasteiger partial charge < -0.3 is 10.2 Å². The summed E-state index contributed by atoms with van der Waals surface area (Å²) in [5.41, 5.74) is 0.919. The number of halogens is 1. The molecule has 0 aromatic heterocycles. The van der Waals surface area contributed by atoms with Crippen molar-refractivity contribution in [3.63, 3.8) is 0 Å². The van der Waals surface area contributed by atoms with E-state index in [1.807, 2.05) is 25.3 Å². The SMILES string of the molecule is CC(NC1=NCN(C(C)C)C=C1)c1cccc(F)c1. The van der Waals surface area contributed by atoms with E-state index in [0.717, 1.165) is 11.4 Å². The van der Waals surface area contributed by atoms with Crippen LogP contribution in [0.5, 0.6) is 0 Å². The van der Waals surface area contributed by atoms with Crippen LogP contribution in [-0.2, 0) is 0 Å². The number of rotatable bonds is 3. The summed E-state index contributed by atoms with van der Waals surface area (Å²) < 4.78 is 13.2. The summed E-state index contributed by atoms with van der Waals surface area (Å²) in [6, 6.07) is 7.11. The fourth-order valence-electron chi connectivity index (χ4n) is 1.93. The van der Waals surface area contributed by atoms with Crippen molar-refractivity contribution in [3.05, 3.63) is 47.9 Å². The Bertz CT molecular complexity index is 494. The lowest BCUT2D eigenvalue weighted by atomic mass is 10.1. The molecule has 1 aromatic rings. The number of hydrogen-bond donors (Lipinski definition) is 1. The maximum Gasteiger partial charge on any atom is 0.124 e. The molecule has 1 aliphatic heterocycles. The van der Waals surface area contributed by atoms with Crippen LogP contribution >= 0.6 is 0 Å². The minimum Gasteiger partial charge on any atom is -0.364 e. The summed E-state index contributed by atoms with van der Waals surface area (Å²) in [6.45, 7) is 6.92. The first kappa shape index (κ1) is 13.6. The van der Waals surface area contributed by atoms with E-state index >= 15 is 0 Å². The van der Waals surface area contributed by atoms with Gasteiger partial charge in [0.25, 0.3) is 0 Å². The quantitative estimate of drug-likeness (QED) is 0.905. The van der Waals surface area contributed by atoms with Gasteiger partial charge in [0, 0.05) is 12.2 Å². The standard InChI is InChI=1S/C15H20FN3/c1-11(2)19-8-7-15(17-10-19)18-12(3)13-5-4-6-14(16)9-13/h4-9,11-12H,10H2,1-3H3,(H,17,18). The summed E-state index contributed by atoms with van der Waals surface area (Å²) in [4.78, 5) is 6.62. The van der Waals surface area contributed by atoms with Gasteiger partial charge in [0.2, 0.25) is 0 Å². The van der Waals surface area contributed by atoms with E-state index < -0.39 is 0 Å². The Morgan fingerprint density at radius 3 is 2.68 bits per heavy atom. The Morgan fingerprint density at radius 2 is 2.11 bits per heavy atom. The average molecular weight is 261 g/mol. The normalized spacial score (nSPS) is 16.5. The highest BCUT2D eigenvalue weighted by molar-refractivity contribution is 5.93. The van der Waals surface area contributed by atoms with Crippen LogP contribution < -0.4 is 5.32 Å². The van der Waals surface area contributed by atoms with Crippen LogP contribution in [0.1, 0.15) is 32.4 Å². The summed E-state index contributed by atoms with van der Waals surface area (Å²) in [5, 5.41) is 3.29. The van der Waals surface area contributed by atoms with Crippen LogP contribution in [0.25, 0.3) is 0 Å². The molecule has 0 bridgehead atoms. The van der Waals surface area contributed by atoms with Gasteiger partial charge in [-0.3, -0.25) is 0 Å². The molecule has 19 heavy (non-hydrogen) atoms. The van der Waals surface area contributed by atoms with Crippen LogP contribution in [0.15, 0.2) is 41.5 Å². The van der Waals surface area contributed by atoms with E-state index in [1.54, 1.807) is 12.1 Å². The lowest BCUT2D eigenvalue weighted by Crippen LogP contribution is -2.33. The lowest BCUT2D eigenvalue weighted by molar-refractivity contribution is 0.317. The fourth-order valence-corrected chi connectivity index (χ4v) is 1.93. The molecule has 0 aliphatic carbocycles. The zero-order chi connectivity index (χ0) is 13.8. The Morgan fingerprint density at radius 1 is 1.32 bits per heavy atom. The molecule has 0 saturated heterocycles. The van der Waals surface area contributed by atoms with Crippen molar-refractivity contribution in [2.45, 2.75) is 32.9 Å². The molecule has 1 unspecified atom stereocenters. The van der Waals surface area contributed by atoms with Crippen LogP contribution in [0.3, 0.4) is 0 Å². The second-order valence-corrected chi connectivity index (χ2v) is 5.03. The third-order valence-electron chi connectivity index (χ3n) is 3.20. The van der Waals surface area contributed by atoms with Crippen molar-refractivity contribution in [3.8, 4) is 0 Å². The number of benzene rings is 1. The molecule has 1 atom stereocenters. The Labute approximate surface area is 113 Å². The number of amidine groups is 1. The van der Waals surface area contributed by atoms with E-state index in [-0.39, 0.29) is 11.9 Å². The first-order chi connectivity index (χ1) is 9.06. The minimum absolute atomic E-state index is 0.0321. The molecular weight excluding hydrogens is 241 g/mol. The smallest absolute Gasteiger partial charge is 0.124 e. The van der Waals surface area contributed by atoms with Crippen molar-refractivity contribution in [1.29, 1.82) is 0 Å². The monoisotopic (exact) mass is 261 g/mol. The van der Waals surface area contributed by atoms with Crippen LogP contribution in [0.2, 0.25) is 0 Å². The number of hydrogen-bond acceptors (Lipinski definition) is 3. The first-order valence-corrected chi connectivity index (χ1v) is 6.56. The topological polar surface area (TPSA) is 27.6 Å². The summed E-state index contributed by atoms with van der Waals surface area (Å²) >= 11 is 0. The van der Waals surface area contributed by atoms with Gasteiger partial charge in [-0.1, -0.05) is 12.1 Å². The van der Waals surface area contributed by atoms with Gasteiger partial charge in [-0.05, 0) is 44.5 Å². The number of nitrogens with one attached hydrogen (secondary N) is 1. The Kier molecular flexibility index (Phi) is 4.20. The van der Waals surface area contributed by atoms with Gasteiger partial charge >= 0.3 is 0 Å². The highest BCUT2D eigenvalue weighted by Gasteiger charge is 2.11. The average Bonchev–Trinajstić information content (AvgIpc) is 2.39. The minimum atomic E-state index is -0.210. The van der Waals surface area contributed by atoms with Crippen molar-refractivity contribution in [1.82, 2.24) is 10.2 Å². The zero-order valence-electron chi connectivity index (χ0n) is 11.6. The third kappa shape index (κ3) is 3.56. The van der Waals surface area contributed by atoms with E-state index in [1.165, 1.54) is 6.07 Å². The lowest BCUT2D eigenvalue weighted by Gasteiger charge is -2.27. The summed E-state index contributed by atoms with van der Waals surface area (Å²) in [5.74, 6) is 0.631. The Balaban J connectivity index is 1.97. The van der Waals surface area contributed by atoms with Gasteiger partial charge in [0.15, 0.2) is 0 Å². The van der Waals surface area contributed by atoms with Gasteiger partial charge in [0.05, 0.1) is 6.04 Å². The van der Waals surface area contributed by atoms with Gasteiger partial charge in [-0.2, -0.15) is 0 Å². The van der Waals surface area contributed by atoms with Crippen molar-refractivity contribution < 1.29 is 4.39 Å². The molecule has 0 fully saturated rings. The van der Waals surface area contributed by atoms with Crippen molar-refractivity contribution in [2.24, 2.45) is 4.99 Å². The fraction of sp³-hybridized carbons (Fsp3) is 0.400. The second-order valence-electron chi connectivity index (χ2n) is 5.03. The molecule has 4 heteroatoms. The van der Waals surface area contributed by atoms with Crippen molar-refractivity contribution >= 4 is 5.84 Å². The molecule has 0 saturated carbocycles. The van der Waals surface area contributed by atoms with Crippen LogP contribution in [0, 0.1) is 5.82 Å². The molecular formula is C15H20FN3. The third-order valence-corrected chi connectivity index (χ3v) is 3.20. The molecule has 3 nitrogen and oxygen atoms in total. The maximum atomic E-state index is 13.2. The van der Waals surface area contributed by atoms with Gasteiger partial charge in [0.1, 0.15) is 18.3 Å². The summed E-state index contributed by atoms with van der Waals surface area (Å²) in [6.07, 6.45) is 4.00. The molecule has 0 spiro atoms. The molecule has 1 aromatic carbocycles. The Hall–Kier alpha value is -1.84.